The predicted octanol–water partition coefficient (Wildman–Crippen LogP) is 4.38. The molecule has 2 rings (SSSR count). The van der Waals surface area contributed by atoms with Crippen molar-refractivity contribution < 1.29 is 8.42 Å². The summed E-state index contributed by atoms with van der Waals surface area (Å²) in [5.74, 6) is 0. The van der Waals surface area contributed by atoms with Gasteiger partial charge in [0.1, 0.15) is 4.58 Å². The van der Waals surface area contributed by atoms with Crippen molar-refractivity contribution in [2.75, 3.05) is 0 Å². The van der Waals surface area contributed by atoms with E-state index < -0.39 is 14.4 Å². The van der Waals surface area contributed by atoms with Gasteiger partial charge in [-0.1, -0.05) is 41.5 Å². The Morgan fingerprint density at radius 3 is 1.90 bits per heavy atom. The molecule has 0 heterocycles. The number of hydrogen-bond acceptors (Lipinski definition) is 3. The molecule has 0 aromatic heterocycles. The lowest BCUT2D eigenvalue weighted by molar-refractivity contribution is 0.597. The maximum atomic E-state index is 12.7. The molecule has 0 aliphatic rings. The number of benzene rings is 2. The lowest BCUT2D eigenvalue weighted by atomic mass is 10.2. The van der Waals surface area contributed by atoms with Gasteiger partial charge in [0.15, 0.2) is 9.84 Å². The Bertz CT molecular complexity index is 714. The van der Waals surface area contributed by atoms with Crippen molar-refractivity contribution in [1.82, 2.24) is 0 Å². The molecule has 21 heavy (non-hydrogen) atoms. The molecule has 0 spiro atoms. The average molecular weight is 318 g/mol. The molecule has 2 aromatic carbocycles. The van der Waals surface area contributed by atoms with E-state index in [9.17, 15) is 8.42 Å². The molecular formula is C17H18O2S2. The first-order valence-electron chi connectivity index (χ1n) is 6.60. The molecule has 0 bridgehead atoms. The summed E-state index contributed by atoms with van der Waals surface area (Å²) >= 11 is 1.30. The molecule has 4 heteroatoms. The third-order valence-corrected chi connectivity index (χ3v) is 6.87. The zero-order chi connectivity index (χ0) is 15.5. The van der Waals surface area contributed by atoms with Crippen LogP contribution in [0.4, 0.5) is 0 Å². The Kier molecular flexibility index (Phi) is 4.91. The Labute approximate surface area is 130 Å². The van der Waals surface area contributed by atoms with Gasteiger partial charge in [0.05, 0.1) is 4.90 Å². The van der Waals surface area contributed by atoms with Crippen molar-refractivity contribution >= 4 is 21.6 Å². The van der Waals surface area contributed by atoms with Crippen LogP contribution >= 0.6 is 11.8 Å². The van der Waals surface area contributed by atoms with Gasteiger partial charge in [0.25, 0.3) is 0 Å². The summed E-state index contributed by atoms with van der Waals surface area (Å²) in [6.45, 7) is 7.62. The number of sulfone groups is 1. The van der Waals surface area contributed by atoms with E-state index in [1.165, 1.54) is 17.8 Å². The molecule has 2 nitrogen and oxygen atoms in total. The van der Waals surface area contributed by atoms with E-state index in [-0.39, 0.29) is 0 Å². The molecule has 1 atom stereocenters. The quantitative estimate of drug-likeness (QED) is 0.606. The van der Waals surface area contributed by atoms with Gasteiger partial charge in [-0.25, -0.2) is 8.42 Å². The third kappa shape index (κ3) is 3.77. The summed E-state index contributed by atoms with van der Waals surface area (Å²) in [6.07, 6.45) is 1.49. The number of aryl methyl sites for hydroxylation is 2. The topological polar surface area (TPSA) is 34.1 Å². The lowest BCUT2D eigenvalue weighted by Gasteiger charge is -2.14. The minimum Gasteiger partial charge on any atom is -0.222 e. The van der Waals surface area contributed by atoms with E-state index in [0.717, 1.165) is 16.0 Å². The van der Waals surface area contributed by atoms with Crippen LogP contribution < -0.4 is 0 Å². The highest BCUT2D eigenvalue weighted by Gasteiger charge is 2.25. The molecule has 0 fully saturated rings. The predicted molar refractivity (Wildman–Crippen MR) is 89.4 cm³/mol. The molecule has 0 aliphatic carbocycles. The van der Waals surface area contributed by atoms with Gasteiger partial charge < -0.3 is 0 Å². The molecule has 0 unspecified atom stereocenters. The molecule has 0 N–H and O–H groups in total. The SMILES string of the molecule is C=C[C@@H](Sc1ccc(C)cc1)S(=O)(=O)c1ccc(C)cc1. The minimum absolute atomic E-state index is 0.331. The zero-order valence-electron chi connectivity index (χ0n) is 12.1. The third-order valence-electron chi connectivity index (χ3n) is 3.12. The average Bonchev–Trinajstić information content (AvgIpc) is 2.47. The van der Waals surface area contributed by atoms with E-state index in [4.69, 9.17) is 0 Å². The summed E-state index contributed by atoms with van der Waals surface area (Å²) in [7, 11) is -3.43. The summed E-state index contributed by atoms with van der Waals surface area (Å²) < 4.78 is 24.6. The van der Waals surface area contributed by atoms with Crippen LogP contribution in [0.1, 0.15) is 11.1 Å². The number of hydrogen-bond donors (Lipinski definition) is 0. The van der Waals surface area contributed by atoms with Crippen LogP contribution in [0.2, 0.25) is 0 Å². The van der Waals surface area contributed by atoms with Crippen LogP contribution in [0, 0.1) is 13.8 Å². The van der Waals surface area contributed by atoms with Crippen molar-refractivity contribution in [3.8, 4) is 0 Å². The van der Waals surface area contributed by atoms with Gasteiger partial charge >= 0.3 is 0 Å². The van der Waals surface area contributed by atoms with Gasteiger partial charge in [-0.05, 0) is 38.1 Å². The van der Waals surface area contributed by atoms with Crippen LogP contribution in [0.3, 0.4) is 0 Å². The Morgan fingerprint density at radius 1 is 0.952 bits per heavy atom. The van der Waals surface area contributed by atoms with Crippen molar-refractivity contribution in [2.24, 2.45) is 0 Å². The second-order valence-electron chi connectivity index (χ2n) is 4.89. The summed E-state index contributed by atoms with van der Waals surface area (Å²) in [5, 5.41) is 0. The van der Waals surface area contributed by atoms with Gasteiger partial charge in [0.2, 0.25) is 0 Å². The maximum absolute atomic E-state index is 12.7. The Morgan fingerprint density at radius 2 is 1.43 bits per heavy atom. The summed E-state index contributed by atoms with van der Waals surface area (Å²) in [6, 6.07) is 14.7. The van der Waals surface area contributed by atoms with Crippen molar-refractivity contribution in [3.05, 3.63) is 72.3 Å². The van der Waals surface area contributed by atoms with Gasteiger partial charge in [0, 0.05) is 4.90 Å². The van der Waals surface area contributed by atoms with E-state index in [1.807, 2.05) is 50.2 Å². The molecule has 110 valence electrons. The van der Waals surface area contributed by atoms with Crippen molar-refractivity contribution in [2.45, 2.75) is 28.2 Å². The first-order chi connectivity index (χ1) is 9.93. The van der Waals surface area contributed by atoms with Gasteiger partial charge in [-0.2, -0.15) is 0 Å². The molecule has 2 aromatic rings. The summed E-state index contributed by atoms with van der Waals surface area (Å²) in [5.41, 5.74) is 2.19. The largest absolute Gasteiger partial charge is 0.222 e. The van der Waals surface area contributed by atoms with Crippen LogP contribution in [0.25, 0.3) is 0 Å². The van der Waals surface area contributed by atoms with E-state index in [2.05, 4.69) is 6.58 Å². The molecule has 0 amide bonds. The lowest BCUT2D eigenvalue weighted by Crippen LogP contribution is -2.15. The summed E-state index contributed by atoms with van der Waals surface area (Å²) in [4.78, 5) is 1.25. The van der Waals surface area contributed by atoms with E-state index in [0.29, 0.717) is 4.90 Å². The molecule has 0 saturated carbocycles. The molecule has 0 radical (unpaired) electrons. The Balaban J connectivity index is 2.29. The second kappa shape index (κ2) is 6.50. The van der Waals surface area contributed by atoms with E-state index in [1.54, 1.807) is 12.1 Å². The second-order valence-corrected chi connectivity index (χ2v) is 8.48. The van der Waals surface area contributed by atoms with E-state index >= 15 is 0 Å². The fourth-order valence-electron chi connectivity index (χ4n) is 1.85. The smallest absolute Gasteiger partial charge is 0.194 e. The van der Waals surface area contributed by atoms with Crippen molar-refractivity contribution in [3.63, 3.8) is 0 Å². The fourth-order valence-corrected chi connectivity index (χ4v) is 4.72. The molecular weight excluding hydrogens is 300 g/mol. The van der Waals surface area contributed by atoms with Crippen LogP contribution in [0.5, 0.6) is 0 Å². The first kappa shape index (κ1) is 15.9. The number of rotatable bonds is 5. The molecule has 0 aliphatic heterocycles. The van der Waals surface area contributed by atoms with Crippen LogP contribution in [0.15, 0.2) is 71.0 Å². The zero-order valence-corrected chi connectivity index (χ0v) is 13.7. The van der Waals surface area contributed by atoms with Gasteiger partial charge in [-0.15, -0.1) is 18.3 Å². The highest BCUT2D eigenvalue weighted by Crippen LogP contribution is 2.31. The Hall–Kier alpha value is -1.52. The normalized spacial score (nSPS) is 12.9. The van der Waals surface area contributed by atoms with Gasteiger partial charge in [-0.3, -0.25) is 0 Å². The van der Waals surface area contributed by atoms with Crippen molar-refractivity contribution in [1.29, 1.82) is 0 Å². The first-order valence-corrected chi connectivity index (χ1v) is 9.02. The molecule has 0 saturated heterocycles. The standard InChI is InChI=1S/C17H18O2S2/c1-4-17(20-15-9-5-13(2)6-10-15)21(18,19)16-11-7-14(3)8-12-16/h4-12,17H,1H2,2-3H3/t17-/m0/s1. The number of thioether (sulfide) groups is 1. The monoisotopic (exact) mass is 318 g/mol. The highest BCUT2D eigenvalue weighted by atomic mass is 32.3. The highest BCUT2D eigenvalue weighted by molar-refractivity contribution is 8.13. The fraction of sp³-hybridized carbons (Fsp3) is 0.176. The maximum Gasteiger partial charge on any atom is 0.194 e. The minimum atomic E-state index is -3.43. The van der Waals surface area contributed by atoms with Crippen LogP contribution in [-0.4, -0.2) is 13.0 Å². The van der Waals surface area contributed by atoms with Crippen LogP contribution in [-0.2, 0) is 9.84 Å².